The molecular formula is C13H31N3. The van der Waals surface area contributed by atoms with E-state index in [-0.39, 0.29) is 0 Å². The number of nitrogens with zero attached hydrogens (tertiary/aromatic N) is 1. The Morgan fingerprint density at radius 2 is 1.19 bits per heavy atom. The van der Waals surface area contributed by atoms with Crippen LogP contribution >= 0.6 is 0 Å². The van der Waals surface area contributed by atoms with Crippen molar-refractivity contribution < 1.29 is 0 Å². The van der Waals surface area contributed by atoms with Crippen LogP contribution in [0.25, 0.3) is 0 Å². The minimum atomic E-state index is 0.801. The number of hydrogen-bond acceptors (Lipinski definition) is 3. The maximum atomic E-state index is 5.55. The summed E-state index contributed by atoms with van der Waals surface area (Å²) in [5.74, 6) is 0. The highest BCUT2D eigenvalue weighted by Gasteiger charge is 2.03. The Morgan fingerprint density at radius 1 is 0.688 bits per heavy atom. The van der Waals surface area contributed by atoms with Gasteiger partial charge in [0.2, 0.25) is 0 Å². The highest BCUT2D eigenvalue weighted by Crippen LogP contribution is 2.04. The van der Waals surface area contributed by atoms with Gasteiger partial charge in [-0.25, -0.2) is 0 Å². The monoisotopic (exact) mass is 229 g/mol. The smallest absolute Gasteiger partial charge is 0.000671 e. The molecule has 3 nitrogen and oxygen atoms in total. The summed E-state index contributed by atoms with van der Waals surface area (Å²) in [6.07, 6.45) is 9.01. The summed E-state index contributed by atoms with van der Waals surface area (Å²) in [5, 5.41) is 0. The molecule has 3 heteroatoms. The van der Waals surface area contributed by atoms with Crippen LogP contribution in [0.15, 0.2) is 0 Å². The Balaban J connectivity index is 3.48. The van der Waals surface area contributed by atoms with E-state index >= 15 is 0 Å². The Labute approximate surface area is 102 Å². The average Bonchev–Trinajstić information content (AvgIpc) is 2.31. The summed E-state index contributed by atoms with van der Waals surface area (Å²) >= 11 is 0. The fraction of sp³-hybridized carbons (Fsp3) is 1.00. The van der Waals surface area contributed by atoms with Crippen LogP contribution in [0.4, 0.5) is 0 Å². The van der Waals surface area contributed by atoms with Crippen molar-refractivity contribution in [3.05, 3.63) is 0 Å². The zero-order valence-electron chi connectivity index (χ0n) is 11.1. The van der Waals surface area contributed by atoms with Crippen LogP contribution in [-0.4, -0.2) is 37.6 Å². The summed E-state index contributed by atoms with van der Waals surface area (Å²) < 4.78 is 0. The van der Waals surface area contributed by atoms with Gasteiger partial charge in [0, 0.05) is 0 Å². The van der Waals surface area contributed by atoms with Crippen molar-refractivity contribution in [1.82, 2.24) is 4.90 Å². The molecule has 4 N–H and O–H groups in total. The topological polar surface area (TPSA) is 55.3 Å². The largest absolute Gasteiger partial charge is 0.330 e. The molecule has 0 aliphatic carbocycles. The third kappa shape index (κ3) is 10.4. The van der Waals surface area contributed by atoms with Crippen molar-refractivity contribution in [2.24, 2.45) is 11.5 Å². The maximum absolute atomic E-state index is 5.55. The SMILES string of the molecule is CCCCCCCN(CCCN)CCCN. The average molecular weight is 229 g/mol. The van der Waals surface area contributed by atoms with E-state index in [1.807, 2.05) is 0 Å². The van der Waals surface area contributed by atoms with Crippen molar-refractivity contribution >= 4 is 0 Å². The van der Waals surface area contributed by atoms with Gasteiger partial charge in [-0.2, -0.15) is 0 Å². The molecule has 0 amide bonds. The number of hydrogen-bond donors (Lipinski definition) is 2. The Hall–Kier alpha value is -0.120. The van der Waals surface area contributed by atoms with Gasteiger partial charge in [-0.3, -0.25) is 0 Å². The van der Waals surface area contributed by atoms with Crippen LogP contribution in [0.3, 0.4) is 0 Å². The summed E-state index contributed by atoms with van der Waals surface area (Å²) in [6.45, 7) is 7.37. The third-order valence-corrected chi connectivity index (χ3v) is 2.93. The second-order valence-corrected chi connectivity index (χ2v) is 4.54. The first kappa shape index (κ1) is 15.9. The lowest BCUT2D eigenvalue weighted by molar-refractivity contribution is 0.263. The van der Waals surface area contributed by atoms with E-state index in [0.717, 1.165) is 39.0 Å². The first-order chi connectivity index (χ1) is 7.85. The molecule has 0 radical (unpaired) electrons. The minimum Gasteiger partial charge on any atom is -0.330 e. The molecule has 0 saturated heterocycles. The summed E-state index contributed by atoms with van der Waals surface area (Å²) in [7, 11) is 0. The first-order valence-corrected chi connectivity index (χ1v) is 6.97. The molecule has 0 aromatic carbocycles. The molecule has 98 valence electrons. The maximum Gasteiger partial charge on any atom is -0.000671 e. The molecule has 16 heavy (non-hydrogen) atoms. The molecule has 0 bridgehead atoms. The molecular weight excluding hydrogens is 198 g/mol. The van der Waals surface area contributed by atoms with Gasteiger partial charge in [0.15, 0.2) is 0 Å². The number of rotatable bonds is 12. The van der Waals surface area contributed by atoms with Gasteiger partial charge in [-0.1, -0.05) is 32.6 Å². The molecule has 0 fully saturated rings. The molecule has 0 aromatic rings. The third-order valence-electron chi connectivity index (χ3n) is 2.93. The molecule has 0 rings (SSSR count). The van der Waals surface area contributed by atoms with E-state index < -0.39 is 0 Å². The van der Waals surface area contributed by atoms with E-state index in [9.17, 15) is 0 Å². The molecule has 0 aliphatic rings. The second-order valence-electron chi connectivity index (χ2n) is 4.54. The lowest BCUT2D eigenvalue weighted by Crippen LogP contribution is -2.29. The van der Waals surface area contributed by atoms with Crippen LogP contribution in [0, 0.1) is 0 Å². The van der Waals surface area contributed by atoms with Crippen molar-refractivity contribution in [3.8, 4) is 0 Å². The number of unbranched alkanes of at least 4 members (excludes halogenated alkanes) is 4. The number of nitrogens with two attached hydrogens (primary N) is 2. The van der Waals surface area contributed by atoms with E-state index in [1.54, 1.807) is 0 Å². The van der Waals surface area contributed by atoms with Crippen molar-refractivity contribution in [2.45, 2.75) is 51.9 Å². The second kappa shape index (κ2) is 12.9. The first-order valence-electron chi connectivity index (χ1n) is 6.97. The van der Waals surface area contributed by atoms with Gasteiger partial charge in [-0.05, 0) is 52.0 Å². The molecule has 0 saturated carbocycles. The fourth-order valence-corrected chi connectivity index (χ4v) is 1.90. The molecule has 0 aromatic heterocycles. The Morgan fingerprint density at radius 3 is 1.69 bits per heavy atom. The van der Waals surface area contributed by atoms with Crippen molar-refractivity contribution in [2.75, 3.05) is 32.7 Å². The van der Waals surface area contributed by atoms with Gasteiger partial charge in [0.25, 0.3) is 0 Å². The van der Waals surface area contributed by atoms with E-state index in [4.69, 9.17) is 11.5 Å². The van der Waals surface area contributed by atoms with Gasteiger partial charge >= 0.3 is 0 Å². The van der Waals surface area contributed by atoms with Crippen LogP contribution in [0.5, 0.6) is 0 Å². The van der Waals surface area contributed by atoms with E-state index in [2.05, 4.69) is 11.8 Å². The summed E-state index contributed by atoms with van der Waals surface area (Å²) in [6, 6.07) is 0. The summed E-state index contributed by atoms with van der Waals surface area (Å²) in [5.41, 5.74) is 11.1. The van der Waals surface area contributed by atoms with Crippen LogP contribution in [0.1, 0.15) is 51.9 Å². The lowest BCUT2D eigenvalue weighted by atomic mass is 10.1. The van der Waals surface area contributed by atoms with Crippen molar-refractivity contribution in [1.29, 1.82) is 0 Å². The molecule has 0 atom stereocenters. The fourth-order valence-electron chi connectivity index (χ4n) is 1.90. The van der Waals surface area contributed by atoms with Gasteiger partial charge < -0.3 is 16.4 Å². The predicted molar refractivity (Wildman–Crippen MR) is 72.5 cm³/mol. The lowest BCUT2D eigenvalue weighted by Gasteiger charge is -2.21. The summed E-state index contributed by atoms with van der Waals surface area (Å²) in [4.78, 5) is 2.52. The Kier molecular flexibility index (Phi) is 12.9. The molecule has 0 spiro atoms. The van der Waals surface area contributed by atoms with Gasteiger partial charge in [-0.15, -0.1) is 0 Å². The van der Waals surface area contributed by atoms with Crippen LogP contribution in [0.2, 0.25) is 0 Å². The van der Waals surface area contributed by atoms with Crippen molar-refractivity contribution in [3.63, 3.8) is 0 Å². The molecule has 0 aliphatic heterocycles. The van der Waals surface area contributed by atoms with Gasteiger partial charge in [0.05, 0.1) is 0 Å². The van der Waals surface area contributed by atoms with Crippen LogP contribution < -0.4 is 11.5 Å². The predicted octanol–water partition coefficient (Wildman–Crippen LogP) is 1.96. The molecule has 0 unspecified atom stereocenters. The van der Waals surface area contributed by atoms with Crippen LogP contribution in [-0.2, 0) is 0 Å². The molecule has 0 heterocycles. The zero-order valence-corrected chi connectivity index (χ0v) is 11.1. The standard InChI is InChI=1S/C13H31N3/c1-2-3-4-5-6-11-16(12-7-9-14)13-8-10-15/h2-15H2,1H3. The quantitative estimate of drug-likeness (QED) is 0.503. The van der Waals surface area contributed by atoms with E-state index in [1.165, 1.54) is 38.6 Å². The highest BCUT2D eigenvalue weighted by atomic mass is 15.1. The van der Waals surface area contributed by atoms with Gasteiger partial charge in [0.1, 0.15) is 0 Å². The zero-order chi connectivity index (χ0) is 12.1. The minimum absolute atomic E-state index is 0.801. The van der Waals surface area contributed by atoms with E-state index in [0.29, 0.717) is 0 Å². The normalized spacial score (nSPS) is 11.2. The Bertz CT molecular complexity index is 120. The highest BCUT2D eigenvalue weighted by molar-refractivity contribution is 4.59.